The van der Waals surface area contributed by atoms with Crippen LogP contribution in [-0.4, -0.2) is 29.5 Å². The Kier molecular flexibility index (Phi) is 4.75. The molecule has 116 valence electrons. The molecule has 2 heterocycles. The Hall–Kier alpha value is -1.85. The quantitative estimate of drug-likeness (QED) is 0.941. The van der Waals surface area contributed by atoms with Crippen molar-refractivity contribution in [3.8, 4) is 5.69 Å². The minimum absolute atomic E-state index is 0.163. The number of hydrogen-bond donors (Lipinski definition) is 1. The molecule has 0 unspecified atom stereocenters. The molecule has 2 aromatic rings. The Morgan fingerprint density at radius 2 is 2.18 bits per heavy atom. The monoisotopic (exact) mass is 319 g/mol. The van der Waals surface area contributed by atoms with Crippen LogP contribution < -0.4 is 10.9 Å². The minimum atomic E-state index is -0.322. The van der Waals surface area contributed by atoms with Crippen molar-refractivity contribution in [1.29, 1.82) is 0 Å². The zero-order chi connectivity index (χ0) is 15.4. The van der Waals surface area contributed by atoms with Gasteiger partial charge in [-0.05, 0) is 30.9 Å². The maximum absolute atomic E-state index is 12.3. The van der Waals surface area contributed by atoms with Gasteiger partial charge in [-0.2, -0.15) is 9.78 Å². The van der Waals surface area contributed by atoms with Gasteiger partial charge >= 0.3 is 0 Å². The van der Waals surface area contributed by atoms with Gasteiger partial charge in [0.25, 0.3) is 5.56 Å². The van der Waals surface area contributed by atoms with Crippen molar-refractivity contribution in [2.45, 2.75) is 12.8 Å². The standard InChI is InChI=1S/C16H18ClN3O2/c17-15-14(18-9-12-5-4-8-22-11-12)10-19-20(16(15)21)13-6-2-1-3-7-13/h1-3,6-7,10,12,18H,4-5,8-9,11H2/t12-/m0/s1. The van der Waals surface area contributed by atoms with Gasteiger partial charge in [0.15, 0.2) is 0 Å². The van der Waals surface area contributed by atoms with Crippen LogP contribution in [0.25, 0.3) is 5.69 Å². The summed E-state index contributed by atoms with van der Waals surface area (Å²) in [5.41, 5.74) is 0.948. The van der Waals surface area contributed by atoms with Crippen molar-refractivity contribution in [2.24, 2.45) is 5.92 Å². The molecule has 0 amide bonds. The molecule has 1 N–H and O–H groups in total. The van der Waals surface area contributed by atoms with Gasteiger partial charge in [0.05, 0.1) is 24.2 Å². The molecule has 1 aromatic heterocycles. The molecule has 0 spiro atoms. The SMILES string of the molecule is O=c1c(Cl)c(NC[C@@H]2CCCOC2)cnn1-c1ccccc1. The summed E-state index contributed by atoms with van der Waals surface area (Å²) in [6.07, 6.45) is 3.80. The van der Waals surface area contributed by atoms with Crippen LogP contribution in [0.15, 0.2) is 41.3 Å². The lowest BCUT2D eigenvalue weighted by Crippen LogP contribution is -2.26. The lowest BCUT2D eigenvalue weighted by atomic mass is 10.0. The van der Waals surface area contributed by atoms with E-state index < -0.39 is 0 Å². The largest absolute Gasteiger partial charge is 0.382 e. The van der Waals surface area contributed by atoms with Crippen LogP contribution >= 0.6 is 11.6 Å². The van der Waals surface area contributed by atoms with Gasteiger partial charge in [0.2, 0.25) is 0 Å². The molecule has 1 saturated heterocycles. The number of nitrogens with one attached hydrogen (secondary N) is 1. The highest BCUT2D eigenvalue weighted by atomic mass is 35.5. The zero-order valence-corrected chi connectivity index (χ0v) is 12.9. The van der Waals surface area contributed by atoms with Gasteiger partial charge < -0.3 is 10.1 Å². The lowest BCUT2D eigenvalue weighted by Gasteiger charge is -2.22. The lowest BCUT2D eigenvalue weighted by molar-refractivity contribution is 0.0595. The van der Waals surface area contributed by atoms with E-state index in [9.17, 15) is 4.79 Å². The van der Waals surface area contributed by atoms with Gasteiger partial charge in [-0.25, -0.2) is 0 Å². The Morgan fingerprint density at radius 1 is 1.36 bits per heavy atom. The third-order valence-electron chi connectivity index (χ3n) is 3.76. The van der Waals surface area contributed by atoms with E-state index in [-0.39, 0.29) is 10.6 Å². The van der Waals surface area contributed by atoms with Crippen LogP contribution in [-0.2, 0) is 4.74 Å². The fourth-order valence-electron chi connectivity index (χ4n) is 2.53. The number of benzene rings is 1. The third-order valence-corrected chi connectivity index (χ3v) is 4.12. The molecule has 0 aliphatic carbocycles. The maximum atomic E-state index is 12.3. The maximum Gasteiger partial charge on any atom is 0.292 e. The molecule has 5 nitrogen and oxygen atoms in total. The molecule has 1 aliphatic heterocycles. The van der Waals surface area contributed by atoms with E-state index in [1.54, 1.807) is 6.20 Å². The van der Waals surface area contributed by atoms with Crippen LogP contribution in [0.1, 0.15) is 12.8 Å². The van der Waals surface area contributed by atoms with Gasteiger partial charge in [-0.3, -0.25) is 4.79 Å². The summed E-state index contributed by atoms with van der Waals surface area (Å²) in [7, 11) is 0. The second-order valence-corrected chi connectivity index (χ2v) is 5.77. The molecular weight excluding hydrogens is 302 g/mol. The highest BCUT2D eigenvalue weighted by Gasteiger charge is 2.15. The van der Waals surface area contributed by atoms with E-state index in [1.807, 2.05) is 30.3 Å². The predicted molar refractivity (Wildman–Crippen MR) is 86.9 cm³/mol. The number of ether oxygens (including phenoxy) is 1. The first-order valence-corrected chi connectivity index (χ1v) is 7.78. The fraction of sp³-hybridized carbons (Fsp3) is 0.375. The summed E-state index contributed by atoms with van der Waals surface area (Å²) in [5.74, 6) is 0.446. The molecule has 6 heteroatoms. The van der Waals surface area contributed by atoms with E-state index in [0.29, 0.717) is 17.3 Å². The molecule has 0 bridgehead atoms. The molecule has 1 aliphatic rings. The normalized spacial score (nSPS) is 18.1. The number of aromatic nitrogens is 2. The van der Waals surface area contributed by atoms with Crippen LogP contribution in [0, 0.1) is 5.92 Å². The third kappa shape index (κ3) is 3.31. The number of rotatable bonds is 4. The van der Waals surface area contributed by atoms with E-state index in [0.717, 1.165) is 32.6 Å². The Labute approximate surface area is 133 Å². The van der Waals surface area contributed by atoms with Crippen LogP contribution in [0.3, 0.4) is 0 Å². The molecular formula is C16H18ClN3O2. The molecule has 3 rings (SSSR count). The highest BCUT2D eigenvalue weighted by Crippen LogP contribution is 2.19. The minimum Gasteiger partial charge on any atom is -0.382 e. The second-order valence-electron chi connectivity index (χ2n) is 5.39. The summed E-state index contributed by atoms with van der Waals surface area (Å²) in [4.78, 5) is 12.3. The first-order valence-electron chi connectivity index (χ1n) is 7.40. The topological polar surface area (TPSA) is 56.1 Å². The molecule has 22 heavy (non-hydrogen) atoms. The molecule has 0 saturated carbocycles. The summed E-state index contributed by atoms with van der Waals surface area (Å²) in [6.45, 7) is 2.32. The Bertz CT molecular complexity index is 682. The van der Waals surface area contributed by atoms with Crippen molar-refractivity contribution >= 4 is 17.3 Å². The van der Waals surface area contributed by atoms with E-state index >= 15 is 0 Å². The van der Waals surface area contributed by atoms with Crippen molar-refractivity contribution in [3.63, 3.8) is 0 Å². The predicted octanol–water partition coefficient (Wildman–Crippen LogP) is 2.72. The number of nitrogens with zero attached hydrogens (tertiary/aromatic N) is 2. The van der Waals surface area contributed by atoms with Gasteiger partial charge in [-0.1, -0.05) is 29.8 Å². The van der Waals surface area contributed by atoms with Crippen LogP contribution in [0.5, 0.6) is 0 Å². The van der Waals surface area contributed by atoms with E-state index in [2.05, 4.69) is 10.4 Å². The summed E-state index contributed by atoms with van der Waals surface area (Å²) >= 11 is 6.20. The molecule has 0 radical (unpaired) electrons. The Morgan fingerprint density at radius 3 is 2.91 bits per heavy atom. The highest BCUT2D eigenvalue weighted by molar-refractivity contribution is 6.32. The van der Waals surface area contributed by atoms with Crippen molar-refractivity contribution in [1.82, 2.24) is 9.78 Å². The van der Waals surface area contributed by atoms with Crippen LogP contribution in [0.4, 0.5) is 5.69 Å². The summed E-state index contributed by atoms with van der Waals surface area (Å²) < 4.78 is 6.75. The Balaban J connectivity index is 1.76. The molecule has 1 atom stereocenters. The van der Waals surface area contributed by atoms with Gasteiger partial charge in [0.1, 0.15) is 5.02 Å². The van der Waals surface area contributed by atoms with Crippen LogP contribution in [0.2, 0.25) is 5.02 Å². The van der Waals surface area contributed by atoms with Gasteiger partial charge in [0, 0.05) is 13.2 Å². The van der Waals surface area contributed by atoms with Crippen molar-refractivity contribution in [2.75, 3.05) is 25.1 Å². The smallest absolute Gasteiger partial charge is 0.292 e. The summed E-state index contributed by atoms with van der Waals surface area (Å²) in [6, 6.07) is 9.23. The zero-order valence-electron chi connectivity index (χ0n) is 12.2. The average Bonchev–Trinajstić information content (AvgIpc) is 2.58. The first-order chi connectivity index (χ1) is 10.8. The fourth-order valence-corrected chi connectivity index (χ4v) is 2.73. The number of hydrogen-bond acceptors (Lipinski definition) is 4. The summed E-state index contributed by atoms with van der Waals surface area (Å²) in [5, 5.41) is 7.58. The number of para-hydroxylation sites is 1. The number of halogens is 1. The first kappa shape index (κ1) is 15.1. The van der Waals surface area contributed by atoms with Crippen molar-refractivity contribution in [3.05, 3.63) is 51.9 Å². The number of anilines is 1. The molecule has 1 fully saturated rings. The average molecular weight is 320 g/mol. The molecule has 1 aromatic carbocycles. The second kappa shape index (κ2) is 6.94. The van der Waals surface area contributed by atoms with E-state index in [4.69, 9.17) is 16.3 Å². The van der Waals surface area contributed by atoms with Crippen molar-refractivity contribution < 1.29 is 4.74 Å². The van der Waals surface area contributed by atoms with Gasteiger partial charge in [-0.15, -0.1) is 0 Å². The van der Waals surface area contributed by atoms with E-state index in [1.165, 1.54) is 4.68 Å².